The topological polar surface area (TPSA) is 98.8 Å². The minimum Gasteiger partial charge on any atom is -0.381 e. The van der Waals surface area contributed by atoms with Crippen molar-refractivity contribution in [2.24, 2.45) is 0 Å². The number of nitrogens with one attached hydrogen (secondary N) is 1. The van der Waals surface area contributed by atoms with E-state index in [0.29, 0.717) is 19.0 Å². The van der Waals surface area contributed by atoms with E-state index in [4.69, 9.17) is 10.5 Å². The van der Waals surface area contributed by atoms with Gasteiger partial charge in [-0.3, -0.25) is 0 Å². The van der Waals surface area contributed by atoms with Crippen LogP contribution in [0, 0.1) is 6.92 Å². The molecule has 3 N–H and O–H groups in total. The van der Waals surface area contributed by atoms with Gasteiger partial charge in [0, 0.05) is 24.3 Å². The van der Waals surface area contributed by atoms with Crippen LogP contribution >= 0.6 is 0 Å². The Morgan fingerprint density at radius 1 is 1.24 bits per heavy atom. The number of hydrogen-bond acceptors (Lipinski definition) is 7. The van der Waals surface area contributed by atoms with Gasteiger partial charge in [0.15, 0.2) is 0 Å². The lowest BCUT2D eigenvalue weighted by molar-refractivity contribution is -0.141. The van der Waals surface area contributed by atoms with Crippen molar-refractivity contribution in [3.8, 4) is 0 Å². The van der Waals surface area contributed by atoms with E-state index in [1.807, 2.05) is 0 Å². The Bertz CT molecular complexity index is 761. The van der Waals surface area contributed by atoms with E-state index < -0.39 is 11.9 Å². The summed E-state index contributed by atoms with van der Waals surface area (Å²) in [4.78, 5) is 15.8. The maximum atomic E-state index is 12.8. The Balaban J connectivity index is 1.76. The summed E-state index contributed by atoms with van der Waals surface area (Å²) in [6.45, 7) is 2.70. The van der Waals surface area contributed by atoms with E-state index >= 15 is 0 Å². The van der Waals surface area contributed by atoms with Crippen molar-refractivity contribution in [2.45, 2.75) is 32.0 Å². The second kappa shape index (κ2) is 6.79. The number of alkyl halides is 3. The van der Waals surface area contributed by atoms with Crippen molar-refractivity contribution in [3.05, 3.63) is 35.0 Å². The van der Waals surface area contributed by atoms with Crippen LogP contribution in [0.2, 0.25) is 0 Å². The predicted molar refractivity (Wildman–Crippen MR) is 83.7 cm³/mol. The number of aryl methyl sites for hydroxylation is 1. The summed E-state index contributed by atoms with van der Waals surface area (Å²) in [5.74, 6) is 0.661. The molecule has 1 atom stereocenters. The molecule has 0 aromatic carbocycles. The molecule has 1 aliphatic heterocycles. The number of nitrogen functional groups attached to an aromatic ring is 1. The fraction of sp³-hybridized carbons (Fsp3) is 0.467. The molecule has 3 heterocycles. The lowest BCUT2D eigenvalue weighted by atomic mass is 10.0. The highest BCUT2D eigenvalue weighted by Crippen LogP contribution is 2.28. The van der Waals surface area contributed by atoms with Gasteiger partial charge >= 0.3 is 6.18 Å². The number of anilines is 2. The quantitative estimate of drug-likeness (QED) is 0.869. The second-order valence-corrected chi connectivity index (χ2v) is 5.76. The van der Waals surface area contributed by atoms with Crippen LogP contribution in [0.3, 0.4) is 0 Å². The molecule has 25 heavy (non-hydrogen) atoms. The number of aromatic nitrogens is 4. The maximum Gasteiger partial charge on any atom is 0.433 e. The average Bonchev–Trinajstić information content (AvgIpc) is 3.05. The van der Waals surface area contributed by atoms with E-state index in [9.17, 15) is 13.2 Å². The van der Waals surface area contributed by atoms with Crippen LogP contribution in [0.4, 0.5) is 24.9 Å². The number of halogens is 3. The molecule has 1 saturated heterocycles. The van der Waals surface area contributed by atoms with Crippen LogP contribution in [-0.4, -0.2) is 33.1 Å². The first-order valence-electron chi connectivity index (χ1n) is 7.69. The third kappa shape index (κ3) is 4.32. The molecule has 7 nitrogen and oxygen atoms in total. The molecular formula is C15H17F3N6O. The summed E-state index contributed by atoms with van der Waals surface area (Å²) in [6.07, 6.45) is -3.68. The maximum absolute atomic E-state index is 12.8. The zero-order valence-electron chi connectivity index (χ0n) is 13.5. The van der Waals surface area contributed by atoms with Gasteiger partial charge in [-0.1, -0.05) is 0 Å². The van der Waals surface area contributed by atoms with Crippen LogP contribution in [-0.2, 0) is 17.5 Å². The summed E-state index contributed by atoms with van der Waals surface area (Å²) < 4.78 is 43.8. The minimum atomic E-state index is -4.52. The van der Waals surface area contributed by atoms with Gasteiger partial charge in [0.1, 0.15) is 17.3 Å². The molecule has 0 radical (unpaired) electrons. The standard InChI is InChI=1S/C15H17F3N6O/c1-8-4-11(15(16,17)18)23-13(21-8)6-20-12-5-10(22-14(19)24-12)9-2-3-25-7-9/h4-5,9H,2-3,6-7H2,1H3,(H3,19,20,22,24)/t9-/m0/s1. The molecule has 3 rings (SSSR count). The first-order valence-corrected chi connectivity index (χ1v) is 7.69. The molecule has 2 aromatic heterocycles. The van der Waals surface area contributed by atoms with Gasteiger partial charge in [-0.2, -0.15) is 18.2 Å². The summed E-state index contributed by atoms with van der Waals surface area (Å²) in [5, 5.41) is 2.91. The summed E-state index contributed by atoms with van der Waals surface area (Å²) in [6, 6.07) is 2.63. The van der Waals surface area contributed by atoms with Crippen molar-refractivity contribution in [1.29, 1.82) is 0 Å². The van der Waals surface area contributed by atoms with E-state index in [1.165, 1.54) is 6.92 Å². The van der Waals surface area contributed by atoms with Crippen molar-refractivity contribution < 1.29 is 17.9 Å². The fourth-order valence-corrected chi connectivity index (χ4v) is 2.58. The number of hydrogen-bond donors (Lipinski definition) is 2. The molecule has 0 amide bonds. The molecule has 0 spiro atoms. The van der Waals surface area contributed by atoms with Crippen molar-refractivity contribution in [3.63, 3.8) is 0 Å². The Morgan fingerprint density at radius 2 is 2.04 bits per heavy atom. The molecule has 1 aliphatic rings. The normalized spacial score (nSPS) is 17.7. The van der Waals surface area contributed by atoms with Crippen LogP contribution in [0.1, 0.15) is 35.2 Å². The van der Waals surface area contributed by atoms with Gasteiger partial charge in [-0.05, 0) is 19.4 Å². The van der Waals surface area contributed by atoms with Crippen molar-refractivity contribution >= 4 is 11.8 Å². The molecule has 2 aromatic rings. The third-order valence-electron chi connectivity index (χ3n) is 3.73. The molecule has 134 valence electrons. The first-order chi connectivity index (χ1) is 11.8. The van der Waals surface area contributed by atoms with Gasteiger partial charge in [-0.25, -0.2) is 15.0 Å². The molecule has 0 bridgehead atoms. The monoisotopic (exact) mass is 354 g/mol. The number of nitrogens with two attached hydrogens (primary N) is 1. The van der Waals surface area contributed by atoms with E-state index in [1.54, 1.807) is 6.07 Å². The first kappa shape index (κ1) is 17.3. The number of ether oxygens (including phenoxy) is 1. The van der Waals surface area contributed by atoms with Crippen LogP contribution in [0.15, 0.2) is 12.1 Å². The van der Waals surface area contributed by atoms with Gasteiger partial charge < -0.3 is 15.8 Å². The van der Waals surface area contributed by atoms with Crippen LogP contribution in [0.25, 0.3) is 0 Å². The highest BCUT2D eigenvalue weighted by molar-refractivity contribution is 5.41. The highest BCUT2D eigenvalue weighted by atomic mass is 19.4. The Kier molecular flexibility index (Phi) is 4.71. The Morgan fingerprint density at radius 3 is 2.72 bits per heavy atom. The number of rotatable bonds is 4. The molecule has 1 fully saturated rings. The van der Waals surface area contributed by atoms with E-state index in [2.05, 4.69) is 25.3 Å². The Hall–Kier alpha value is -2.49. The highest BCUT2D eigenvalue weighted by Gasteiger charge is 2.33. The van der Waals surface area contributed by atoms with Crippen LogP contribution in [0.5, 0.6) is 0 Å². The summed E-state index contributed by atoms with van der Waals surface area (Å²) >= 11 is 0. The lowest BCUT2D eigenvalue weighted by Crippen LogP contribution is -2.14. The largest absolute Gasteiger partial charge is 0.433 e. The minimum absolute atomic E-state index is 0.0121. The summed E-state index contributed by atoms with van der Waals surface area (Å²) in [5.41, 5.74) is 5.73. The number of nitrogens with zero attached hydrogens (tertiary/aromatic N) is 4. The molecule has 0 unspecified atom stereocenters. The summed E-state index contributed by atoms with van der Waals surface area (Å²) in [7, 11) is 0. The van der Waals surface area contributed by atoms with Gasteiger partial charge in [0.05, 0.1) is 18.8 Å². The van der Waals surface area contributed by atoms with Gasteiger partial charge in [0.25, 0.3) is 0 Å². The van der Waals surface area contributed by atoms with Crippen molar-refractivity contribution in [1.82, 2.24) is 19.9 Å². The van der Waals surface area contributed by atoms with E-state index in [0.717, 1.165) is 18.2 Å². The Labute approximate surface area is 141 Å². The van der Waals surface area contributed by atoms with E-state index in [-0.39, 0.29) is 29.9 Å². The average molecular weight is 354 g/mol. The van der Waals surface area contributed by atoms with Crippen LogP contribution < -0.4 is 11.1 Å². The predicted octanol–water partition coefficient (Wildman–Crippen LogP) is 2.29. The fourth-order valence-electron chi connectivity index (χ4n) is 2.58. The molecular weight excluding hydrogens is 337 g/mol. The smallest absolute Gasteiger partial charge is 0.381 e. The van der Waals surface area contributed by atoms with Crippen molar-refractivity contribution in [2.75, 3.05) is 24.3 Å². The molecule has 10 heteroatoms. The molecule has 0 saturated carbocycles. The van der Waals surface area contributed by atoms with Gasteiger partial charge in [0.2, 0.25) is 5.95 Å². The third-order valence-corrected chi connectivity index (χ3v) is 3.73. The second-order valence-electron chi connectivity index (χ2n) is 5.76. The zero-order chi connectivity index (χ0) is 18.0. The lowest BCUT2D eigenvalue weighted by Gasteiger charge is -2.12. The molecule has 0 aliphatic carbocycles. The van der Waals surface area contributed by atoms with Gasteiger partial charge in [-0.15, -0.1) is 0 Å². The SMILES string of the molecule is Cc1cc(C(F)(F)F)nc(CNc2cc([C@H]3CCOC3)nc(N)n2)n1. The zero-order valence-corrected chi connectivity index (χ0v) is 13.5.